The number of aromatic nitrogens is 3. The van der Waals surface area contributed by atoms with E-state index in [2.05, 4.69) is 11.1 Å². The van der Waals surface area contributed by atoms with Gasteiger partial charge in [0.05, 0.1) is 31.9 Å². The van der Waals surface area contributed by atoms with Gasteiger partial charge in [-0.2, -0.15) is 0 Å². The average molecular weight is 911 g/mol. The first-order valence-electron chi connectivity index (χ1n) is 24.0. The molecule has 0 aliphatic carbocycles. The summed E-state index contributed by atoms with van der Waals surface area (Å²) in [6.07, 6.45) is -0.629. The standard InChI is InChI=1S/C50H44N3O.Pt/c1-31-16-18-36(19-17-31)38-22-23-51-44(30-38)40-27-39(28-41(29-40)50(5,6)7)42-14-11-15-46-47(42)52-49(43-25-32(2)24-34(4)48(43)54)53(46)45-21-20-37(26-33(45)3)35-12-9-8-10-13-35;/h8-26,28-30,54H,1-7H3;/q-1;/i1D3,3D3,16D,17D,18D,19D,22D,23D,30D;. The minimum absolute atomic E-state index is 0. The van der Waals surface area contributed by atoms with Gasteiger partial charge in [0.2, 0.25) is 0 Å². The van der Waals surface area contributed by atoms with Gasteiger partial charge >= 0.3 is 0 Å². The summed E-state index contributed by atoms with van der Waals surface area (Å²) in [7, 11) is 0. The molecule has 0 spiro atoms. The Labute approximate surface area is 357 Å². The maximum absolute atomic E-state index is 11.7. The second kappa shape index (κ2) is 14.9. The van der Waals surface area contributed by atoms with Gasteiger partial charge in [-0.15, -0.1) is 29.3 Å². The number of aromatic hydroxyl groups is 1. The summed E-state index contributed by atoms with van der Waals surface area (Å²) in [5.74, 6) is 0.235. The fourth-order valence-electron chi connectivity index (χ4n) is 6.70. The molecule has 0 unspecified atom stereocenters. The zero-order valence-corrected chi connectivity index (χ0v) is 33.0. The Morgan fingerprint density at radius 1 is 0.709 bits per heavy atom. The molecule has 0 saturated carbocycles. The SMILES string of the molecule is [2H]c1nc(-c2[c-]c(-c3cccc4c3nc(-c3cc(C)cc(C)c3O)n4-c3ccc(-c4ccccc4)cc3C([2H])([2H])[2H])cc(C(C)(C)C)c2)c([2H])c(-c2c([2H])c([2H])c(C([2H])([2H])[2H])c([2H])c2[2H])c1[2H].[Pt]. The summed E-state index contributed by atoms with van der Waals surface area (Å²) in [6.45, 7) is 4.01. The molecule has 0 saturated heterocycles. The summed E-state index contributed by atoms with van der Waals surface area (Å²) in [5, 5.41) is 11.7. The van der Waals surface area contributed by atoms with Crippen LogP contribution in [0.2, 0.25) is 0 Å². The van der Waals surface area contributed by atoms with Gasteiger partial charge in [-0.25, -0.2) is 4.98 Å². The van der Waals surface area contributed by atoms with Crippen LogP contribution < -0.4 is 0 Å². The Kier molecular flexibility index (Phi) is 6.72. The van der Waals surface area contributed by atoms with Crippen LogP contribution in [0.25, 0.3) is 72.7 Å². The van der Waals surface area contributed by atoms with Crippen LogP contribution in [-0.4, -0.2) is 19.6 Å². The molecule has 2 aromatic heterocycles. The molecule has 0 amide bonds. The van der Waals surface area contributed by atoms with E-state index in [-0.39, 0.29) is 49.5 Å². The molecule has 276 valence electrons. The van der Waals surface area contributed by atoms with Crippen molar-refractivity contribution >= 4 is 11.0 Å². The summed E-state index contributed by atoms with van der Waals surface area (Å²) in [5.41, 5.74) is 4.08. The number of hydrogen-bond acceptors (Lipinski definition) is 3. The molecular formula is C50H44N3OPt-. The Balaban J connectivity index is 0.00000684. The number of nitrogens with zero attached hydrogens (tertiary/aromatic N) is 3. The van der Waals surface area contributed by atoms with Crippen molar-refractivity contribution in [3.8, 4) is 67.5 Å². The van der Waals surface area contributed by atoms with E-state index >= 15 is 0 Å². The van der Waals surface area contributed by atoms with Crippen molar-refractivity contribution in [2.75, 3.05) is 0 Å². The first-order valence-corrected chi connectivity index (χ1v) is 17.5. The third kappa shape index (κ3) is 7.32. The van der Waals surface area contributed by atoms with Gasteiger partial charge in [0.15, 0.2) is 0 Å². The largest absolute Gasteiger partial charge is 0.507 e. The van der Waals surface area contributed by atoms with E-state index in [4.69, 9.17) is 21.4 Å². The number of para-hydroxylation sites is 1. The van der Waals surface area contributed by atoms with Gasteiger partial charge in [0.1, 0.15) is 11.6 Å². The van der Waals surface area contributed by atoms with Crippen molar-refractivity contribution in [3.05, 3.63) is 167 Å². The van der Waals surface area contributed by atoms with Crippen molar-refractivity contribution in [1.29, 1.82) is 0 Å². The van der Waals surface area contributed by atoms with E-state index in [0.717, 1.165) is 16.7 Å². The quantitative estimate of drug-likeness (QED) is 0.169. The normalized spacial score (nSPS) is 15.3. The Bertz CT molecular complexity index is 3290. The first-order chi connectivity index (χ1) is 31.3. The number of pyridine rings is 1. The van der Waals surface area contributed by atoms with Gasteiger partial charge < -0.3 is 5.11 Å². The number of rotatable bonds is 6. The van der Waals surface area contributed by atoms with Crippen molar-refractivity contribution in [3.63, 3.8) is 0 Å². The molecule has 8 rings (SSSR count). The van der Waals surface area contributed by atoms with E-state index in [9.17, 15) is 6.48 Å². The van der Waals surface area contributed by atoms with Gasteiger partial charge in [0, 0.05) is 41.2 Å². The van der Waals surface area contributed by atoms with Crippen LogP contribution in [0, 0.1) is 33.6 Å². The molecule has 0 radical (unpaired) electrons. The van der Waals surface area contributed by atoms with Crippen LogP contribution in [0.1, 0.15) is 66.4 Å². The van der Waals surface area contributed by atoms with E-state index in [1.807, 2.05) is 88.4 Å². The van der Waals surface area contributed by atoms with Crippen molar-refractivity contribution < 1.29 is 44.0 Å². The van der Waals surface area contributed by atoms with Crippen LogP contribution in [0.4, 0.5) is 0 Å². The first kappa shape index (κ1) is 24.8. The molecule has 2 heterocycles. The molecule has 0 bridgehead atoms. The fraction of sp³-hybridized carbons (Fsp3) is 0.160. The van der Waals surface area contributed by atoms with Crippen LogP contribution in [0.5, 0.6) is 5.75 Å². The Morgan fingerprint density at radius 2 is 1.49 bits per heavy atom. The van der Waals surface area contributed by atoms with Crippen molar-refractivity contribution in [1.82, 2.24) is 14.5 Å². The molecule has 1 N–H and O–H groups in total. The maximum Gasteiger partial charge on any atom is 0.148 e. The van der Waals surface area contributed by atoms with E-state index in [0.29, 0.717) is 44.5 Å². The topological polar surface area (TPSA) is 50.9 Å². The zero-order chi connectivity index (χ0) is 48.8. The molecule has 5 heteroatoms. The van der Waals surface area contributed by atoms with Gasteiger partial charge in [-0.1, -0.05) is 122 Å². The molecule has 55 heavy (non-hydrogen) atoms. The maximum atomic E-state index is 11.7. The second-order valence-corrected chi connectivity index (χ2v) is 14.4. The van der Waals surface area contributed by atoms with Crippen molar-refractivity contribution in [2.24, 2.45) is 0 Å². The van der Waals surface area contributed by atoms with E-state index < -0.39 is 78.2 Å². The number of aryl methyl sites for hydroxylation is 3. The smallest absolute Gasteiger partial charge is 0.148 e. The summed E-state index contributed by atoms with van der Waals surface area (Å²) >= 11 is 0. The molecule has 0 aliphatic heterocycles. The van der Waals surface area contributed by atoms with Crippen molar-refractivity contribution in [2.45, 2.75) is 53.7 Å². The molecule has 0 aliphatic rings. The summed E-state index contributed by atoms with van der Waals surface area (Å²) in [4.78, 5) is 9.56. The molecular weight excluding hydrogens is 854 g/mol. The number of phenolic OH excluding ortho intramolecular Hbond substituents is 1. The van der Waals surface area contributed by atoms with Crippen LogP contribution in [0.15, 0.2) is 133 Å². The van der Waals surface area contributed by atoms with Gasteiger partial charge in [-0.05, 0) is 102 Å². The van der Waals surface area contributed by atoms with Gasteiger partial charge in [-0.3, -0.25) is 9.55 Å². The average Bonchev–Trinajstić information content (AvgIpc) is 3.65. The van der Waals surface area contributed by atoms with E-state index in [1.165, 1.54) is 0 Å². The number of phenols is 1. The Hall–Kier alpha value is -5.57. The van der Waals surface area contributed by atoms with Crippen LogP contribution in [0.3, 0.4) is 0 Å². The zero-order valence-electron chi connectivity index (χ0n) is 43.8. The van der Waals surface area contributed by atoms with Gasteiger partial charge in [0.25, 0.3) is 0 Å². The monoisotopic (exact) mass is 910 g/mol. The third-order valence-corrected chi connectivity index (χ3v) is 9.46. The Morgan fingerprint density at radius 3 is 2.24 bits per heavy atom. The predicted octanol–water partition coefficient (Wildman–Crippen LogP) is 12.8. The second-order valence-electron chi connectivity index (χ2n) is 14.4. The number of benzene rings is 6. The summed E-state index contributed by atoms with van der Waals surface area (Å²) in [6, 6.07) is 26.3. The molecule has 8 aromatic rings. The molecule has 0 atom stereocenters. The third-order valence-electron chi connectivity index (χ3n) is 9.46. The molecule has 0 fully saturated rings. The van der Waals surface area contributed by atoms with Crippen LogP contribution >= 0.6 is 0 Å². The minimum Gasteiger partial charge on any atom is -0.507 e. The van der Waals surface area contributed by atoms with Crippen LogP contribution in [-0.2, 0) is 26.5 Å². The fourth-order valence-corrected chi connectivity index (χ4v) is 6.70. The number of hydrogen-bond donors (Lipinski definition) is 1. The number of imidazole rings is 1. The predicted molar refractivity (Wildman–Crippen MR) is 224 cm³/mol. The molecule has 6 aromatic carbocycles. The van der Waals surface area contributed by atoms with E-state index in [1.54, 1.807) is 41.8 Å². The number of fused-ring (bicyclic) bond motifs is 1. The summed E-state index contributed by atoms with van der Waals surface area (Å²) < 4.78 is 113. The minimum atomic E-state index is -2.99. The molecule has 4 nitrogen and oxygen atoms in total.